The van der Waals surface area contributed by atoms with Crippen LogP contribution in [0, 0.1) is 0 Å². The monoisotopic (exact) mass is 719 g/mol. The fourth-order valence-electron chi connectivity index (χ4n) is 8.22. The molecule has 2 aromatic heterocycles. The molecule has 0 saturated carbocycles. The zero-order valence-electron chi connectivity index (χ0n) is 29.8. The molecular formula is C52H33NOS. The number of para-hydroxylation sites is 3. The number of anilines is 3. The molecule has 3 heteroatoms. The van der Waals surface area contributed by atoms with Gasteiger partial charge in [-0.05, 0) is 76.0 Å². The zero-order valence-corrected chi connectivity index (χ0v) is 30.6. The van der Waals surface area contributed by atoms with Gasteiger partial charge in [0.2, 0.25) is 0 Å². The van der Waals surface area contributed by atoms with Crippen LogP contribution >= 0.6 is 11.3 Å². The molecule has 0 N–H and O–H groups in total. The molecule has 2 nitrogen and oxygen atoms in total. The molecule has 9 aromatic carbocycles. The van der Waals surface area contributed by atoms with E-state index in [1.165, 1.54) is 53.2 Å². The van der Waals surface area contributed by atoms with Crippen molar-refractivity contribution in [3.63, 3.8) is 0 Å². The van der Waals surface area contributed by atoms with Gasteiger partial charge in [0.15, 0.2) is 0 Å². The summed E-state index contributed by atoms with van der Waals surface area (Å²) in [5, 5.41) is 7.36. The minimum absolute atomic E-state index is 0.908. The van der Waals surface area contributed by atoms with Crippen molar-refractivity contribution in [2.75, 3.05) is 4.90 Å². The molecule has 0 radical (unpaired) electrons. The maximum Gasteiger partial charge on any atom is 0.143 e. The number of benzene rings is 9. The summed E-state index contributed by atoms with van der Waals surface area (Å²) in [7, 11) is 0. The van der Waals surface area contributed by atoms with Gasteiger partial charge in [-0.3, -0.25) is 0 Å². The van der Waals surface area contributed by atoms with E-state index in [0.29, 0.717) is 0 Å². The first-order valence-electron chi connectivity index (χ1n) is 18.7. The number of fused-ring (bicyclic) bond motifs is 7. The average molecular weight is 720 g/mol. The lowest BCUT2D eigenvalue weighted by Gasteiger charge is -2.28. The van der Waals surface area contributed by atoms with Gasteiger partial charge in [-0.25, -0.2) is 0 Å². The molecule has 0 aliphatic heterocycles. The molecule has 0 atom stereocenters. The van der Waals surface area contributed by atoms with Crippen LogP contribution in [0.15, 0.2) is 205 Å². The predicted molar refractivity (Wildman–Crippen MR) is 235 cm³/mol. The summed E-state index contributed by atoms with van der Waals surface area (Å²) in [6.07, 6.45) is 0. The molecule has 2 heterocycles. The first kappa shape index (κ1) is 31.6. The van der Waals surface area contributed by atoms with E-state index in [1.807, 2.05) is 23.5 Å². The van der Waals surface area contributed by atoms with Crippen LogP contribution in [0.1, 0.15) is 0 Å². The van der Waals surface area contributed by atoms with Crippen molar-refractivity contribution in [3.05, 3.63) is 200 Å². The van der Waals surface area contributed by atoms with Crippen molar-refractivity contribution in [1.29, 1.82) is 0 Å². The van der Waals surface area contributed by atoms with E-state index in [9.17, 15) is 0 Å². The number of nitrogens with zero attached hydrogens (tertiary/aromatic N) is 1. The number of furan rings is 1. The van der Waals surface area contributed by atoms with Crippen molar-refractivity contribution in [2.45, 2.75) is 0 Å². The van der Waals surface area contributed by atoms with Gasteiger partial charge in [0.05, 0.1) is 5.69 Å². The Labute approximate surface area is 322 Å². The summed E-state index contributed by atoms with van der Waals surface area (Å²) in [5.41, 5.74) is 12.1. The van der Waals surface area contributed by atoms with Crippen molar-refractivity contribution >= 4 is 81.3 Å². The summed E-state index contributed by atoms with van der Waals surface area (Å²) >= 11 is 1.87. The Morgan fingerprint density at radius 3 is 1.82 bits per heavy atom. The van der Waals surface area contributed by atoms with E-state index in [1.54, 1.807) is 0 Å². The van der Waals surface area contributed by atoms with Gasteiger partial charge in [0.1, 0.15) is 11.2 Å². The summed E-state index contributed by atoms with van der Waals surface area (Å²) in [5.74, 6) is 0. The third-order valence-electron chi connectivity index (χ3n) is 10.9. The Kier molecular flexibility index (Phi) is 7.39. The molecule has 11 rings (SSSR count). The van der Waals surface area contributed by atoms with Crippen LogP contribution in [0.4, 0.5) is 17.1 Å². The van der Waals surface area contributed by atoms with E-state index in [4.69, 9.17) is 4.42 Å². The highest BCUT2D eigenvalue weighted by Crippen LogP contribution is 2.46. The maximum atomic E-state index is 6.44. The first-order chi connectivity index (χ1) is 27.3. The smallest absolute Gasteiger partial charge is 0.143 e. The van der Waals surface area contributed by atoms with Crippen LogP contribution in [0.25, 0.3) is 86.3 Å². The molecule has 0 unspecified atom stereocenters. The van der Waals surface area contributed by atoms with E-state index < -0.39 is 0 Å². The van der Waals surface area contributed by atoms with Crippen molar-refractivity contribution in [1.82, 2.24) is 0 Å². The second kappa shape index (κ2) is 12.9. The van der Waals surface area contributed by atoms with Crippen LogP contribution in [-0.2, 0) is 0 Å². The molecule has 55 heavy (non-hydrogen) atoms. The van der Waals surface area contributed by atoms with Crippen LogP contribution < -0.4 is 4.90 Å². The van der Waals surface area contributed by atoms with Gasteiger partial charge in [0, 0.05) is 59.0 Å². The van der Waals surface area contributed by atoms with Crippen LogP contribution in [0.3, 0.4) is 0 Å². The number of hydrogen-bond acceptors (Lipinski definition) is 3. The Morgan fingerprint density at radius 1 is 0.382 bits per heavy atom. The fraction of sp³-hybridized carbons (Fsp3) is 0. The van der Waals surface area contributed by atoms with E-state index in [0.717, 1.165) is 50.1 Å². The highest BCUT2D eigenvalue weighted by molar-refractivity contribution is 7.26. The molecule has 258 valence electrons. The predicted octanol–water partition coefficient (Wildman–Crippen LogP) is 15.6. The van der Waals surface area contributed by atoms with Gasteiger partial charge in [-0.15, -0.1) is 11.3 Å². The quantitative estimate of drug-likeness (QED) is 0.170. The minimum atomic E-state index is 0.908. The van der Waals surface area contributed by atoms with Gasteiger partial charge >= 0.3 is 0 Å². The van der Waals surface area contributed by atoms with Gasteiger partial charge < -0.3 is 9.32 Å². The molecule has 0 aliphatic carbocycles. The lowest BCUT2D eigenvalue weighted by atomic mass is 9.98. The van der Waals surface area contributed by atoms with Gasteiger partial charge in [0.25, 0.3) is 0 Å². The molecule has 0 spiro atoms. The van der Waals surface area contributed by atoms with Crippen LogP contribution in [0.5, 0.6) is 0 Å². The van der Waals surface area contributed by atoms with E-state index >= 15 is 0 Å². The number of thiophene rings is 1. The first-order valence-corrected chi connectivity index (χ1v) is 19.5. The second-order valence-electron chi connectivity index (χ2n) is 14.1. The molecule has 0 saturated heterocycles. The maximum absolute atomic E-state index is 6.44. The molecule has 11 aromatic rings. The fourth-order valence-corrected chi connectivity index (χ4v) is 9.45. The Balaban J connectivity index is 1.06. The topological polar surface area (TPSA) is 16.4 Å². The summed E-state index contributed by atoms with van der Waals surface area (Å²) in [6.45, 7) is 0. The standard InChI is InChI=1S/C52H33NOS/c1-2-12-37-33-38(24-23-34(37)11-1)35-25-29-39(30-26-35)53(40-31-27-36(28-32-40)41-16-9-17-45-43-14-4-7-21-49(43)54-51(41)45)48-20-6-3-13-42(48)46-18-10-19-47-44-15-5-8-22-50(44)55-52(46)47/h1-33H. The molecule has 0 fully saturated rings. The average Bonchev–Trinajstić information content (AvgIpc) is 3.83. The highest BCUT2D eigenvalue weighted by atomic mass is 32.1. The highest BCUT2D eigenvalue weighted by Gasteiger charge is 2.20. The van der Waals surface area contributed by atoms with E-state index in [-0.39, 0.29) is 0 Å². The Morgan fingerprint density at radius 2 is 0.982 bits per heavy atom. The van der Waals surface area contributed by atoms with Gasteiger partial charge in [-0.2, -0.15) is 0 Å². The van der Waals surface area contributed by atoms with Crippen molar-refractivity contribution in [2.24, 2.45) is 0 Å². The molecular weight excluding hydrogens is 687 g/mol. The Hall–Kier alpha value is -6.94. The molecule has 0 aliphatic rings. The third kappa shape index (κ3) is 5.32. The normalized spacial score (nSPS) is 11.6. The summed E-state index contributed by atoms with van der Waals surface area (Å²) in [6, 6.07) is 72.2. The third-order valence-corrected chi connectivity index (χ3v) is 12.1. The number of hydrogen-bond donors (Lipinski definition) is 0. The number of rotatable bonds is 6. The van der Waals surface area contributed by atoms with E-state index in [2.05, 4.69) is 193 Å². The van der Waals surface area contributed by atoms with Crippen molar-refractivity contribution < 1.29 is 4.42 Å². The molecule has 0 bridgehead atoms. The second-order valence-corrected chi connectivity index (χ2v) is 15.1. The van der Waals surface area contributed by atoms with Crippen LogP contribution in [-0.4, -0.2) is 0 Å². The van der Waals surface area contributed by atoms with Crippen molar-refractivity contribution in [3.8, 4) is 33.4 Å². The SMILES string of the molecule is c1ccc(N(c2ccc(-c3ccc4ccccc4c3)cc2)c2ccc(-c3cccc4c3oc3ccccc34)cc2)c(-c2cccc3c2sc2ccccc23)c1. The minimum Gasteiger partial charge on any atom is -0.455 e. The van der Waals surface area contributed by atoms with Gasteiger partial charge in [-0.1, -0.05) is 152 Å². The summed E-state index contributed by atoms with van der Waals surface area (Å²) in [4.78, 5) is 2.40. The largest absolute Gasteiger partial charge is 0.455 e. The Bertz CT molecular complexity index is 3210. The lowest BCUT2D eigenvalue weighted by Crippen LogP contribution is -2.11. The zero-order chi connectivity index (χ0) is 36.3. The van der Waals surface area contributed by atoms with Crippen LogP contribution in [0.2, 0.25) is 0 Å². The summed E-state index contributed by atoms with van der Waals surface area (Å²) < 4.78 is 9.04. The lowest BCUT2D eigenvalue weighted by molar-refractivity contribution is 0.670. The molecule has 0 amide bonds.